The molecule has 0 radical (unpaired) electrons. The standard InChI is InChI=1S/C13H16BrNO3/c14-11-3-1-9(2-4-11)12-7-15(13(17)18)6-5-10(12)8-16/h1-4,10,12,16H,5-8H2,(H,17,18). The van der Waals surface area contributed by atoms with E-state index in [0.717, 1.165) is 10.0 Å². The Morgan fingerprint density at radius 2 is 2.06 bits per heavy atom. The summed E-state index contributed by atoms with van der Waals surface area (Å²) < 4.78 is 0.998. The number of carbonyl (C=O) groups is 1. The molecule has 5 heteroatoms. The van der Waals surface area contributed by atoms with Gasteiger partial charge in [-0.25, -0.2) is 4.79 Å². The molecule has 1 saturated heterocycles. The number of aliphatic hydroxyl groups is 1. The number of rotatable bonds is 2. The van der Waals surface area contributed by atoms with Gasteiger partial charge >= 0.3 is 6.09 Å². The molecule has 98 valence electrons. The summed E-state index contributed by atoms with van der Waals surface area (Å²) in [6, 6.07) is 7.87. The Kier molecular flexibility index (Phi) is 4.24. The van der Waals surface area contributed by atoms with Crippen LogP contribution in [0, 0.1) is 5.92 Å². The van der Waals surface area contributed by atoms with Crippen LogP contribution in [0.5, 0.6) is 0 Å². The van der Waals surface area contributed by atoms with Crippen molar-refractivity contribution < 1.29 is 15.0 Å². The maximum atomic E-state index is 11.0. The second kappa shape index (κ2) is 5.71. The number of nitrogens with zero attached hydrogens (tertiary/aromatic N) is 1. The van der Waals surface area contributed by atoms with E-state index in [2.05, 4.69) is 15.9 Å². The lowest BCUT2D eigenvalue weighted by Gasteiger charge is -2.36. The number of likely N-dealkylation sites (tertiary alicyclic amines) is 1. The molecule has 18 heavy (non-hydrogen) atoms. The van der Waals surface area contributed by atoms with Gasteiger partial charge in [-0.3, -0.25) is 0 Å². The van der Waals surface area contributed by atoms with Crippen LogP contribution >= 0.6 is 15.9 Å². The Labute approximate surface area is 114 Å². The van der Waals surface area contributed by atoms with Crippen LogP contribution in [0.4, 0.5) is 4.79 Å². The Balaban J connectivity index is 2.20. The average molecular weight is 314 g/mol. The lowest BCUT2D eigenvalue weighted by atomic mass is 9.81. The van der Waals surface area contributed by atoms with E-state index in [4.69, 9.17) is 5.11 Å². The molecule has 0 aliphatic carbocycles. The molecule has 2 rings (SSSR count). The molecule has 1 aliphatic rings. The van der Waals surface area contributed by atoms with Crippen molar-refractivity contribution in [1.82, 2.24) is 4.90 Å². The number of carboxylic acid groups (broad SMARTS) is 1. The number of hydrogen-bond acceptors (Lipinski definition) is 2. The third kappa shape index (κ3) is 2.84. The highest BCUT2D eigenvalue weighted by molar-refractivity contribution is 9.10. The molecule has 1 aromatic carbocycles. The molecule has 2 unspecified atom stereocenters. The van der Waals surface area contributed by atoms with Crippen LogP contribution in [0.25, 0.3) is 0 Å². The van der Waals surface area contributed by atoms with E-state index < -0.39 is 6.09 Å². The summed E-state index contributed by atoms with van der Waals surface area (Å²) >= 11 is 3.38. The van der Waals surface area contributed by atoms with Crippen molar-refractivity contribution in [2.45, 2.75) is 12.3 Å². The molecule has 0 aromatic heterocycles. The van der Waals surface area contributed by atoms with Crippen molar-refractivity contribution in [3.63, 3.8) is 0 Å². The van der Waals surface area contributed by atoms with Crippen LogP contribution in [0.3, 0.4) is 0 Å². The summed E-state index contributed by atoms with van der Waals surface area (Å²) in [5.74, 6) is 0.217. The first kappa shape index (κ1) is 13.4. The molecule has 1 aliphatic heterocycles. The SMILES string of the molecule is O=C(O)N1CCC(CO)C(c2ccc(Br)cc2)C1. The van der Waals surface area contributed by atoms with E-state index in [0.29, 0.717) is 19.5 Å². The predicted molar refractivity (Wildman–Crippen MR) is 71.7 cm³/mol. The van der Waals surface area contributed by atoms with Crippen LogP contribution in [0.1, 0.15) is 17.9 Å². The summed E-state index contributed by atoms with van der Waals surface area (Å²) in [4.78, 5) is 12.5. The Hall–Kier alpha value is -1.07. The van der Waals surface area contributed by atoms with Gasteiger partial charge < -0.3 is 15.1 Å². The molecule has 1 heterocycles. The van der Waals surface area contributed by atoms with Crippen LogP contribution in [0.15, 0.2) is 28.7 Å². The highest BCUT2D eigenvalue weighted by Gasteiger charge is 2.31. The van der Waals surface area contributed by atoms with Crippen molar-refractivity contribution in [2.75, 3.05) is 19.7 Å². The summed E-state index contributed by atoms with van der Waals surface area (Å²) in [7, 11) is 0. The maximum Gasteiger partial charge on any atom is 0.407 e. The van der Waals surface area contributed by atoms with Crippen LogP contribution in [0.2, 0.25) is 0 Å². The van der Waals surface area contributed by atoms with Crippen LogP contribution in [-0.2, 0) is 0 Å². The van der Waals surface area contributed by atoms with E-state index >= 15 is 0 Å². The van der Waals surface area contributed by atoms with Gasteiger partial charge in [0.05, 0.1) is 0 Å². The fraction of sp³-hybridized carbons (Fsp3) is 0.462. The minimum atomic E-state index is -0.881. The predicted octanol–water partition coefficient (Wildman–Crippen LogP) is 2.52. The van der Waals surface area contributed by atoms with Gasteiger partial charge in [-0.05, 0) is 30.0 Å². The van der Waals surface area contributed by atoms with E-state index in [1.807, 2.05) is 24.3 Å². The zero-order valence-corrected chi connectivity index (χ0v) is 11.5. The topological polar surface area (TPSA) is 60.8 Å². The van der Waals surface area contributed by atoms with Crippen molar-refractivity contribution in [2.24, 2.45) is 5.92 Å². The number of amides is 1. The van der Waals surface area contributed by atoms with Crippen molar-refractivity contribution in [3.8, 4) is 0 Å². The van der Waals surface area contributed by atoms with E-state index in [1.165, 1.54) is 4.90 Å². The summed E-state index contributed by atoms with van der Waals surface area (Å²) in [5.41, 5.74) is 1.09. The number of halogens is 1. The zero-order chi connectivity index (χ0) is 13.1. The maximum absolute atomic E-state index is 11.0. The summed E-state index contributed by atoms with van der Waals surface area (Å²) in [6.45, 7) is 1.07. The van der Waals surface area contributed by atoms with Crippen LogP contribution < -0.4 is 0 Å². The smallest absolute Gasteiger partial charge is 0.407 e. The van der Waals surface area contributed by atoms with Gasteiger partial charge in [0.2, 0.25) is 0 Å². The minimum Gasteiger partial charge on any atom is -0.465 e. The second-order valence-corrected chi connectivity index (χ2v) is 5.53. The molecule has 2 N–H and O–H groups in total. The molecule has 1 fully saturated rings. The number of benzene rings is 1. The quantitative estimate of drug-likeness (QED) is 0.882. The fourth-order valence-electron chi connectivity index (χ4n) is 2.48. The molecule has 4 nitrogen and oxygen atoms in total. The summed E-state index contributed by atoms with van der Waals surface area (Å²) in [5, 5.41) is 18.5. The third-order valence-electron chi connectivity index (χ3n) is 3.56. The molecular weight excluding hydrogens is 298 g/mol. The van der Waals surface area contributed by atoms with E-state index in [-0.39, 0.29) is 18.4 Å². The van der Waals surface area contributed by atoms with Crippen molar-refractivity contribution in [1.29, 1.82) is 0 Å². The lowest BCUT2D eigenvalue weighted by molar-refractivity contribution is 0.0938. The molecule has 0 bridgehead atoms. The number of piperidine rings is 1. The highest BCUT2D eigenvalue weighted by Crippen LogP contribution is 2.32. The summed E-state index contributed by atoms with van der Waals surface area (Å²) in [6.07, 6.45) is -0.169. The zero-order valence-electron chi connectivity index (χ0n) is 9.92. The number of hydrogen-bond donors (Lipinski definition) is 2. The first-order chi connectivity index (χ1) is 8.61. The fourth-order valence-corrected chi connectivity index (χ4v) is 2.74. The van der Waals surface area contributed by atoms with Gasteiger partial charge in [0.1, 0.15) is 0 Å². The molecular formula is C13H16BrNO3. The second-order valence-electron chi connectivity index (χ2n) is 4.62. The van der Waals surface area contributed by atoms with Crippen molar-refractivity contribution in [3.05, 3.63) is 34.3 Å². The molecule has 1 amide bonds. The Morgan fingerprint density at radius 3 is 2.61 bits per heavy atom. The highest BCUT2D eigenvalue weighted by atomic mass is 79.9. The van der Waals surface area contributed by atoms with Gasteiger partial charge in [0.25, 0.3) is 0 Å². The monoisotopic (exact) mass is 313 g/mol. The van der Waals surface area contributed by atoms with Gasteiger partial charge in [0, 0.05) is 30.1 Å². The van der Waals surface area contributed by atoms with Gasteiger partial charge in [-0.15, -0.1) is 0 Å². The molecule has 1 aromatic rings. The minimum absolute atomic E-state index is 0.0768. The van der Waals surface area contributed by atoms with Gasteiger partial charge in [-0.1, -0.05) is 28.1 Å². The Morgan fingerprint density at radius 1 is 1.39 bits per heavy atom. The normalized spacial score (nSPS) is 24.0. The molecule has 2 atom stereocenters. The number of aliphatic hydroxyl groups excluding tert-OH is 1. The first-order valence-corrected chi connectivity index (χ1v) is 6.75. The largest absolute Gasteiger partial charge is 0.465 e. The first-order valence-electron chi connectivity index (χ1n) is 5.96. The molecule has 0 spiro atoms. The van der Waals surface area contributed by atoms with Crippen LogP contribution in [-0.4, -0.2) is 40.9 Å². The van der Waals surface area contributed by atoms with Gasteiger partial charge in [0.15, 0.2) is 0 Å². The van der Waals surface area contributed by atoms with Gasteiger partial charge in [-0.2, -0.15) is 0 Å². The lowest BCUT2D eigenvalue weighted by Crippen LogP contribution is -2.43. The average Bonchev–Trinajstić information content (AvgIpc) is 2.39. The molecule has 0 saturated carbocycles. The van der Waals surface area contributed by atoms with Crippen molar-refractivity contribution >= 4 is 22.0 Å². The van der Waals surface area contributed by atoms with E-state index in [9.17, 15) is 9.90 Å². The third-order valence-corrected chi connectivity index (χ3v) is 4.09. The van der Waals surface area contributed by atoms with E-state index in [1.54, 1.807) is 0 Å². The Bertz CT molecular complexity index is 421.